The Labute approximate surface area is 92.9 Å². The highest BCUT2D eigenvalue weighted by Crippen LogP contribution is 2.16. The molecule has 0 heterocycles. The molecule has 1 aromatic carbocycles. The van der Waals surface area contributed by atoms with Crippen molar-refractivity contribution < 1.29 is 0 Å². The van der Waals surface area contributed by atoms with Gasteiger partial charge >= 0.3 is 0 Å². The molecule has 3 N–H and O–H groups in total. The van der Waals surface area contributed by atoms with Crippen LogP contribution in [0.1, 0.15) is 45.2 Å². The molecular weight excluding hydrogens is 184 g/mol. The number of nitrogens with two attached hydrogens (primary N) is 1. The first-order valence-electron chi connectivity index (χ1n) is 5.75. The zero-order valence-corrected chi connectivity index (χ0v) is 9.96. The number of hydrogen-bond donors (Lipinski definition) is 2. The molecule has 0 aliphatic rings. The van der Waals surface area contributed by atoms with E-state index in [1.165, 1.54) is 18.4 Å². The van der Waals surface area contributed by atoms with E-state index in [-0.39, 0.29) is 0 Å². The summed E-state index contributed by atoms with van der Waals surface area (Å²) in [5.41, 5.74) is 7.86. The largest absolute Gasteiger partial charge is 0.399 e. The molecule has 1 aromatic rings. The van der Waals surface area contributed by atoms with Crippen LogP contribution < -0.4 is 11.1 Å². The van der Waals surface area contributed by atoms with Gasteiger partial charge < -0.3 is 11.1 Å². The van der Waals surface area contributed by atoms with Crippen LogP contribution in [0.15, 0.2) is 24.3 Å². The maximum atomic E-state index is 5.76. The van der Waals surface area contributed by atoms with Crippen molar-refractivity contribution in [3.63, 3.8) is 0 Å². The summed E-state index contributed by atoms with van der Waals surface area (Å²) >= 11 is 0. The molecule has 15 heavy (non-hydrogen) atoms. The molecule has 0 radical (unpaired) electrons. The molecule has 0 aromatic heterocycles. The second kappa shape index (κ2) is 5.76. The number of nitrogen functional groups attached to an aromatic ring is 1. The third kappa shape index (κ3) is 3.92. The Hall–Kier alpha value is -1.02. The summed E-state index contributed by atoms with van der Waals surface area (Å²) in [5, 5.41) is 3.57. The Kier molecular flexibility index (Phi) is 4.63. The highest BCUT2D eigenvalue weighted by atomic mass is 14.9. The van der Waals surface area contributed by atoms with Crippen molar-refractivity contribution in [2.24, 2.45) is 0 Å². The van der Waals surface area contributed by atoms with E-state index in [0.29, 0.717) is 12.1 Å². The van der Waals surface area contributed by atoms with Gasteiger partial charge in [-0.3, -0.25) is 0 Å². The van der Waals surface area contributed by atoms with Crippen LogP contribution in [0.3, 0.4) is 0 Å². The van der Waals surface area contributed by atoms with Gasteiger partial charge in [-0.15, -0.1) is 0 Å². The molecule has 0 spiro atoms. The normalized spacial score (nSPS) is 14.9. The Morgan fingerprint density at radius 3 is 2.67 bits per heavy atom. The predicted octanol–water partition coefficient (Wildman–Crippen LogP) is 3.11. The second-order valence-electron chi connectivity index (χ2n) is 4.25. The molecule has 2 nitrogen and oxygen atoms in total. The molecule has 0 fully saturated rings. The van der Waals surface area contributed by atoms with Crippen LogP contribution in [0.4, 0.5) is 5.69 Å². The van der Waals surface area contributed by atoms with E-state index in [1.54, 1.807) is 0 Å². The zero-order chi connectivity index (χ0) is 11.3. The zero-order valence-electron chi connectivity index (χ0n) is 9.96. The van der Waals surface area contributed by atoms with E-state index in [4.69, 9.17) is 5.73 Å². The van der Waals surface area contributed by atoms with Gasteiger partial charge in [-0.25, -0.2) is 0 Å². The van der Waals surface area contributed by atoms with Gasteiger partial charge in [0.25, 0.3) is 0 Å². The molecule has 0 amide bonds. The average molecular weight is 206 g/mol. The Morgan fingerprint density at radius 1 is 1.33 bits per heavy atom. The molecule has 2 heteroatoms. The summed E-state index contributed by atoms with van der Waals surface area (Å²) in [6, 6.07) is 9.02. The van der Waals surface area contributed by atoms with Gasteiger partial charge in [-0.05, 0) is 38.0 Å². The first-order valence-corrected chi connectivity index (χ1v) is 5.75. The number of nitrogens with one attached hydrogen (secondary N) is 1. The minimum Gasteiger partial charge on any atom is -0.399 e. The van der Waals surface area contributed by atoms with Gasteiger partial charge in [0.15, 0.2) is 0 Å². The SMILES string of the molecule is CCCC(C)NC(C)c1cccc(N)c1. The topological polar surface area (TPSA) is 38.0 Å². The van der Waals surface area contributed by atoms with Crippen molar-refractivity contribution in [3.8, 4) is 0 Å². The highest BCUT2D eigenvalue weighted by molar-refractivity contribution is 5.41. The van der Waals surface area contributed by atoms with Gasteiger partial charge in [-0.1, -0.05) is 25.5 Å². The highest BCUT2D eigenvalue weighted by Gasteiger charge is 2.08. The predicted molar refractivity (Wildman–Crippen MR) is 66.8 cm³/mol. The van der Waals surface area contributed by atoms with Crippen molar-refractivity contribution in [1.82, 2.24) is 5.32 Å². The molecule has 0 aliphatic heterocycles. The summed E-state index contributed by atoms with van der Waals surface area (Å²) < 4.78 is 0. The monoisotopic (exact) mass is 206 g/mol. The van der Waals surface area contributed by atoms with E-state index < -0.39 is 0 Å². The molecule has 84 valence electrons. The number of anilines is 1. The summed E-state index contributed by atoms with van der Waals surface area (Å²) in [7, 11) is 0. The maximum absolute atomic E-state index is 5.76. The van der Waals surface area contributed by atoms with Crippen LogP contribution in [0.25, 0.3) is 0 Å². The fourth-order valence-electron chi connectivity index (χ4n) is 1.87. The number of hydrogen-bond acceptors (Lipinski definition) is 2. The Bertz CT molecular complexity index is 296. The maximum Gasteiger partial charge on any atom is 0.0317 e. The van der Waals surface area contributed by atoms with Crippen molar-refractivity contribution in [2.45, 2.75) is 45.7 Å². The molecule has 2 atom stereocenters. The lowest BCUT2D eigenvalue weighted by Crippen LogP contribution is -2.28. The number of rotatable bonds is 5. The Balaban J connectivity index is 2.56. The lowest BCUT2D eigenvalue weighted by molar-refractivity contribution is 0.453. The molecule has 2 unspecified atom stereocenters. The van der Waals surface area contributed by atoms with Gasteiger partial charge in [0.05, 0.1) is 0 Å². The van der Waals surface area contributed by atoms with Crippen LogP contribution in [0, 0.1) is 0 Å². The van der Waals surface area contributed by atoms with Crippen LogP contribution in [-0.4, -0.2) is 6.04 Å². The van der Waals surface area contributed by atoms with Crippen LogP contribution in [0.5, 0.6) is 0 Å². The first kappa shape index (κ1) is 12.1. The van der Waals surface area contributed by atoms with Crippen LogP contribution in [-0.2, 0) is 0 Å². The first-order chi connectivity index (χ1) is 7.13. The van der Waals surface area contributed by atoms with E-state index in [0.717, 1.165) is 5.69 Å². The smallest absolute Gasteiger partial charge is 0.0317 e. The summed E-state index contributed by atoms with van der Waals surface area (Å²) in [5.74, 6) is 0. The van der Waals surface area contributed by atoms with E-state index >= 15 is 0 Å². The van der Waals surface area contributed by atoms with Crippen LogP contribution >= 0.6 is 0 Å². The summed E-state index contributed by atoms with van der Waals surface area (Å²) in [6.45, 7) is 6.62. The minimum absolute atomic E-state index is 0.370. The van der Waals surface area contributed by atoms with Crippen molar-refractivity contribution >= 4 is 5.69 Å². The fraction of sp³-hybridized carbons (Fsp3) is 0.538. The van der Waals surface area contributed by atoms with Gasteiger partial charge in [-0.2, -0.15) is 0 Å². The average Bonchev–Trinajstić information content (AvgIpc) is 2.18. The minimum atomic E-state index is 0.370. The molecule has 0 aliphatic carbocycles. The van der Waals surface area contributed by atoms with Gasteiger partial charge in [0.2, 0.25) is 0 Å². The van der Waals surface area contributed by atoms with Crippen molar-refractivity contribution in [3.05, 3.63) is 29.8 Å². The third-order valence-electron chi connectivity index (χ3n) is 2.67. The molecular formula is C13H22N2. The Morgan fingerprint density at radius 2 is 2.07 bits per heavy atom. The third-order valence-corrected chi connectivity index (χ3v) is 2.67. The molecule has 0 bridgehead atoms. The van der Waals surface area contributed by atoms with Gasteiger partial charge in [0, 0.05) is 17.8 Å². The summed E-state index contributed by atoms with van der Waals surface area (Å²) in [4.78, 5) is 0. The van der Waals surface area contributed by atoms with Crippen molar-refractivity contribution in [1.29, 1.82) is 0 Å². The quantitative estimate of drug-likeness (QED) is 0.726. The van der Waals surface area contributed by atoms with Crippen LogP contribution in [0.2, 0.25) is 0 Å². The van der Waals surface area contributed by atoms with Gasteiger partial charge in [0.1, 0.15) is 0 Å². The molecule has 1 rings (SSSR count). The summed E-state index contributed by atoms with van der Waals surface area (Å²) in [6.07, 6.45) is 2.43. The second-order valence-corrected chi connectivity index (χ2v) is 4.25. The standard InChI is InChI=1S/C13H22N2/c1-4-6-10(2)15-11(3)12-7-5-8-13(14)9-12/h5,7-11,15H,4,6,14H2,1-3H3. The molecule has 0 saturated heterocycles. The lowest BCUT2D eigenvalue weighted by Gasteiger charge is -2.20. The number of benzene rings is 1. The van der Waals surface area contributed by atoms with E-state index in [9.17, 15) is 0 Å². The lowest BCUT2D eigenvalue weighted by atomic mass is 10.1. The fourth-order valence-corrected chi connectivity index (χ4v) is 1.87. The van der Waals surface area contributed by atoms with E-state index in [1.807, 2.05) is 18.2 Å². The molecule has 0 saturated carbocycles. The van der Waals surface area contributed by atoms with E-state index in [2.05, 4.69) is 32.2 Å². The van der Waals surface area contributed by atoms with Crippen molar-refractivity contribution in [2.75, 3.05) is 5.73 Å².